The molecule has 1 aromatic rings. The zero-order valence-corrected chi connectivity index (χ0v) is 10.1. The number of anilines is 1. The van der Waals surface area contributed by atoms with E-state index >= 15 is 0 Å². The molecule has 0 saturated heterocycles. The summed E-state index contributed by atoms with van der Waals surface area (Å²) in [5.74, 6) is -1.07. The number of aromatic nitrogens is 1. The van der Waals surface area contributed by atoms with E-state index in [1.807, 2.05) is 5.38 Å². The van der Waals surface area contributed by atoms with Crippen molar-refractivity contribution in [1.82, 2.24) is 4.98 Å². The Kier molecular flexibility index (Phi) is 4.34. The molecular formula is C8H11BrN2O2S. The van der Waals surface area contributed by atoms with Gasteiger partial charge in [0.1, 0.15) is 4.60 Å². The molecule has 0 amide bonds. The van der Waals surface area contributed by atoms with E-state index in [2.05, 4.69) is 26.2 Å². The fourth-order valence-corrected chi connectivity index (χ4v) is 2.03. The summed E-state index contributed by atoms with van der Waals surface area (Å²) in [5.41, 5.74) is 0. The van der Waals surface area contributed by atoms with Crippen LogP contribution >= 0.6 is 27.3 Å². The molecule has 1 rings (SSSR count). The van der Waals surface area contributed by atoms with E-state index in [0.29, 0.717) is 13.0 Å². The average Bonchev–Trinajstić information content (AvgIpc) is 2.51. The quantitative estimate of drug-likeness (QED) is 0.869. The highest BCUT2D eigenvalue weighted by Crippen LogP contribution is 2.19. The average molecular weight is 279 g/mol. The lowest BCUT2D eigenvalue weighted by Gasteiger charge is -2.05. The molecule has 0 fully saturated rings. The Labute approximate surface area is 94.5 Å². The lowest BCUT2D eigenvalue weighted by Crippen LogP contribution is -2.14. The first-order chi connectivity index (χ1) is 6.59. The zero-order valence-electron chi connectivity index (χ0n) is 7.66. The van der Waals surface area contributed by atoms with Crippen molar-refractivity contribution in [2.24, 2.45) is 5.92 Å². The molecule has 0 aliphatic heterocycles. The van der Waals surface area contributed by atoms with Crippen LogP contribution in [0, 0.1) is 5.92 Å². The van der Waals surface area contributed by atoms with Crippen molar-refractivity contribution < 1.29 is 9.90 Å². The van der Waals surface area contributed by atoms with Gasteiger partial charge in [0.2, 0.25) is 0 Å². The number of carbonyl (C=O) groups is 1. The molecule has 78 valence electrons. The Hall–Kier alpha value is -0.620. The summed E-state index contributed by atoms with van der Waals surface area (Å²) >= 11 is 4.73. The van der Waals surface area contributed by atoms with E-state index in [0.717, 1.165) is 9.73 Å². The summed E-state index contributed by atoms with van der Waals surface area (Å²) in [6.45, 7) is 2.33. The molecule has 0 radical (unpaired) electrons. The Bertz CT molecular complexity index is 316. The van der Waals surface area contributed by atoms with Crippen molar-refractivity contribution in [2.45, 2.75) is 13.3 Å². The summed E-state index contributed by atoms with van der Waals surface area (Å²) < 4.78 is 0.802. The molecule has 6 heteroatoms. The largest absolute Gasteiger partial charge is 0.481 e. The van der Waals surface area contributed by atoms with Gasteiger partial charge in [0.25, 0.3) is 0 Å². The molecule has 4 nitrogen and oxygen atoms in total. The third-order valence-electron chi connectivity index (χ3n) is 1.75. The van der Waals surface area contributed by atoms with Crippen LogP contribution in [0.15, 0.2) is 9.98 Å². The van der Waals surface area contributed by atoms with Gasteiger partial charge < -0.3 is 10.4 Å². The molecule has 0 aliphatic rings. The normalized spacial score (nSPS) is 12.4. The number of aliphatic carboxylic acids is 1. The highest BCUT2D eigenvalue weighted by atomic mass is 79.9. The van der Waals surface area contributed by atoms with Gasteiger partial charge in [-0.25, -0.2) is 4.98 Å². The van der Waals surface area contributed by atoms with Crippen molar-refractivity contribution >= 4 is 38.4 Å². The predicted octanol–water partition coefficient (Wildman–Crippen LogP) is 2.43. The second-order valence-electron chi connectivity index (χ2n) is 2.93. The molecule has 0 aliphatic carbocycles. The minimum absolute atomic E-state index is 0.314. The Morgan fingerprint density at radius 2 is 2.57 bits per heavy atom. The van der Waals surface area contributed by atoms with Gasteiger partial charge in [-0.05, 0) is 22.4 Å². The van der Waals surface area contributed by atoms with Crippen LogP contribution < -0.4 is 5.32 Å². The van der Waals surface area contributed by atoms with Crippen LogP contribution in [-0.2, 0) is 4.79 Å². The van der Waals surface area contributed by atoms with Crippen LogP contribution in [0.4, 0.5) is 5.13 Å². The molecule has 14 heavy (non-hydrogen) atoms. The van der Waals surface area contributed by atoms with Crippen LogP contribution in [0.5, 0.6) is 0 Å². The number of nitrogens with zero attached hydrogens (tertiary/aromatic N) is 1. The summed E-state index contributed by atoms with van der Waals surface area (Å²) in [4.78, 5) is 14.6. The first-order valence-electron chi connectivity index (χ1n) is 4.17. The van der Waals surface area contributed by atoms with Gasteiger partial charge >= 0.3 is 5.97 Å². The standard InChI is InChI=1S/C8H11BrN2O2S/c1-5(7(12)13)2-3-10-8-11-6(9)4-14-8/h4-5H,2-3H2,1H3,(H,10,11)(H,12,13). The van der Waals surface area contributed by atoms with Crippen molar-refractivity contribution in [3.05, 3.63) is 9.98 Å². The number of nitrogens with one attached hydrogen (secondary N) is 1. The van der Waals surface area contributed by atoms with Crippen LogP contribution in [-0.4, -0.2) is 22.6 Å². The van der Waals surface area contributed by atoms with Crippen molar-refractivity contribution in [3.8, 4) is 0 Å². The summed E-state index contributed by atoms with van der Waals surface area (Å²) in [5, 5.41) is 14.4. The number of thiazole rings is 1. The zero-order chi connectivity index (χ0) is 10.6. The minimum atomic E-state index is -0.757. The van der Waals surface area contributed by atoms with E-state index in [1.54, 1.807) is 6.92 Å². The van der Waals surface area contributed by atoms with Gasteiger partial charge in [-0.2, -0.15) is 0 Å². The first-order valence-corrected chi connectivity index (χ1v) is 5.84. The molecule has 2 N–H and O–H groups in total. The second kappa shape index (κ2) is 5.31. The van der Waals surface area contributed by atoms with E-state index in [4.69, 9.17) is 5.11 Å². The topological polar surface area (TPSA) is 62.2 Å². The van der Waals surface area contributed by atoms with Crippen LogP contribution in [0.25, 0.3) is 0 Å². The Morgan fingerprint density at radius 1 is 1.86 bits per heavy atom. The van der Waals surface area contributed by atoms with E-state index in [-0.39, 0.29) is 5.92 Å². The van der Waals surface area contributed by atoms with Crippen LogP contribution in [0.3, 0.4) is 0 Å². The lowest BCUT2D eigenvalue weighted by molar-refractivity contribution is -0.141. The number of carboxylic acids is 1. The molecule has 0 bridgehead atoms. The fourth-order valence-electron chi connectivity index (χ4n) is 0.854. The van der Waals surface area contributed by atoms with Gasteiger partial charge in [0.05, 0.1) is 5.92 Å². The monoisotopic (exact) mass is 278 g/mol. The fraction of sp³-hybridized carbons (Fsp3) is 0.500. The van der Waals surface area contributed by atoms with Crippen LogP contribution in [0.1, 0.15) is 13.3 Å². The number of hydrogen-bond acceptors (Lipinski definition) is 4. The molecule has 0 spiro atoms. The van der Waals surface area contributed by atoms with Crippen LogP contribution in [0.2, 0.25) is 0 Å². The van der Waals surface area contributed by atoms with Gasteiger partial charge in [-0.1, -0.05) is 6.92 Å². The number of hydrogen-bond donors (Lipinski definition) is 2. The van der Waals surface area contributed by atoms with Gasteiger partial charge in [0, 0.05) is 11.9 Å². The summed E-state index contributed by atoms with van der Waals surface area (Å²) in [7, 11) is 0. The molecule has 0 saturated carbocycles. The third kappa shape index (κ3) is 3.63. The van der Waals surface area contributed by atoms with Crippen molar-refractivity contribution in [1.29, 1.82) is 0 Å². The van der Waals surface area contributed by atoms with Crippen molar-refractivity contribution in [3.63, 3.8) is 0 Å². The Balaban J connectivity index is 2.25. The van der Waals surface area contributed by atoms with E-state index < -0.39 is 5.97 Å². The molecule has 1 atom stereocenters. The smallest absolute Gasteiger partial charge is 0.306 e. The maximum atomic E-state index is 10.5. The van der Waals surface area contributed by atoms with Gasteiger partial charge in [-0.3, -0.25) is 4.79 Å². The second-order valence-corrected chi connectivity index (χ2v) is 4.60. The van der Waals surface area contributed by atoms with Gasteiger partial charge in [0.15, 0.2) is 5.13 Å². The summed E-state index contributed by atoms with van der Waals surface area (Å²) in [6.07, 6.45) is 0.604. The first kappa shape index (κ1) is 11.5. The van der Waals surface area contributed by atoms with Gasteiger partial charge in [-0.15, -0.1) is 11.3 Å². The number of halogens is 1. The summed E-state index contributed by atoms with van der Waals surface area (Å²) in [6, 6.07) is 0. The predicted molar refractivity (Wildman–Crippen MR) is 59.7 cm³/mol. The maximum absolute atomic E-state index is 10.5. The number of rotatable bonds is 5. The minimum Gasteiger partial charge on any atom is -0.481 e. The highest BCUT2D eigenvalue weighted by Gasteiger charge is 2.09. The molecule has 1 heterocycles. The molecular weight excluding hydrogens is 268 g/mol. The molecule has 0 aromatic carbocycles. The lowest BCUT2D eigenvalue weighted by atomic mass is 10.1. The molecule has 1 aromatic heterocycles. The number of carboxylic acid groups (broad SMARTS) is 1. The third-order valence-corrected chi connectivity index (χ3v) is 3.26. The van der Waals surface area contributed by atoms with E-state index in [1.165, 1.54) is 11.3 Å². The van der Waals surface area contributed by atoms with Crippen molar-refractivity contribution in [2.75, 3.05) is 11.9 Å². The highest BCUT2D eigenvalue weighted by molar-refractivity contribution is 9.10. The maximum Gasteiger partial charge on any atom is 0.306 e. The van der Waals surface area contributed by atoms with E-state index in [9.17, 15) is 4.79 Å². The Morgan fingerprint density at radius 3 is 3.07 bits per heavy atom. The SMILES string of the molecule is CC(CCNc1nc(Br)cs1)C(=O)O. The molecule has 1 unspecified atom stereocenters.